The molecule has 0 saturated heterocycles. The van der Waals surface area contributed by atoms with Crippen molar-refractivity contribution in [1.82, 2.24) is 10.2 Å². The number of benzene rings is 1. The molecule has 82 valence electrons. The zero-order chi connectivity index (χ0) is 11.5. The quantitative estimate of drug-likeness (QED) is 0.868. The van der Waals surface area contributed by atoms with Crippen LogP contribution in [0.25, 0.3) is 11.1 Å². The molecule has 0 atom stereocenters. The molecular formula is C11H10ClN3O. The van der Waals surface area contributed by atoms with Gasteiger partial charge in [0.1, 0.15) is 11.6 Å². The van der Waals surface area contributed by atoms with E-state index in [2.05, 4.69) is 10.2 Å². The predicted molar refractivity (Wildman–Crippen MR) is 63.4 cm³/mol. The van der Waals surface area contributed by atoms with Gasteiger partial charge in [0.2, 0.25) is 0 Å². The van der Waals surface area contributed by atoms with Crippen LogP contribution in [0.15, 0.2) is 30.3 Å². The van der Waals surface area contributed by atoms with Crippen molar-refractivity contribution in [2.45, 2.75) is 0 Å². The molecule has 5 heteroatoms. The van der Waals surface area contributed by atoms with E-state index in [0.717, 1.165) is 16.9 Å². The summed E-state index contributed by atoms with van der Waals surface area (Å²) in [7, 11) is 1.62. The van der Waals surface area contributed by atoms with Crippen LogP contribution in [0.1, 0.15) is 0 Å². The van der Waals surface area contributed by atoms with E-state index in [1.807, 2.05) is 24.3 Å². The maximum atomic E-state index is 5.94. The van der Waals surface area contributed by atoms with Gasteiger partial charge in [-0.05, 0) is 23.8 Å². The zero-order valence-electron chi connectivity index (χ0n) is 8.64. The normalized spacial score (nSPS) is 10.1. The third-order valence-corrected chi connectivity index (χ3v) is 2.45. The minimum atomic E-state index is 0.333. The Balaban J connectivity index is 2.45. The standard InChI is InChI=1S/C11H10ClN3O/c1-16-8-4-2-7(3-5-8)9-6-10(13)14-15-11(9)12/h2-6H,1H3,(H2,13,14). The van der Waals surface area contributed by atoms with Crippen LogP contribution in [0.4, 0.5) is 5.82 Å². The largest absolute Gasteiger partial charge is 0.497 e. The Kier molecular flexibility index (Phi) is 2.92. The second kappa shape index (κ2) is 4.37. The molecule has 1 heterocycles. The average Bonchev–Trinajstić information content (AvgIpc) is 2.32. The first-order valence-electron chi connectivity index (χ1n) is 4.64. The molecule has 2 aromatic rings. The van der Waals surface area contributed by atoms with Gasteiger partial charge in [0.15, 0.2) is 5.15 Å². The van der Waals surface area contributed by atoms with Crippen molar-refractivity contribution < 1.29 is 4.74 Å². The van der Waals surface area contributed by atoms with Gasteiger partial charge in [0.25, 0.3) is 0 Å². The Morgan fingerprint density at radius 2 is 1.88 bits per heavy atom. The number of methoxy groups -OCH3 is 1. The fourth-order valence-corrected chi connectivity index (χ4v) is 1.57. The number of anilines is 1. The van der Waals surface area contributed by atoms with Gasteiger partial charge in [-0.3, -0.25) is 0 Å². The molecule has 0 saturated carbocycles. The SMILES string of the molecule is COc1ccc(-c2cc(N)nnc2Cl)cc1. The molecule has 0 aliphatic carbocycles. The highest BCUT2D eigenvalue weighted by Crippen LogP contribution is 2.28. The highest BCUT2D eigenvalue weighted by atomic mass is 35.5. The van der Waals surface area contributed by atoms with Gasteiger partial charge in [-0.2, -0.15) is 0 Å². The lowest BCUT2D eigenvalue weighted by molar-refractivity contribution is 0.415. The van der Waals surface area contributed by atoms with E-state index >= 15 is 0 Å². The molecule has 0 fully saturated rings. The van der Waals surface area contributed by atoms with Crippen LogP contribution < -0.4 is 10.5 Å². The summed E-state index contributed by atoms with van der Waals surface area (Å²) >= 11 is 5.94. The van der Waals surface area contributed by atoms with E-state index in [-0.39, 0.29) is 0 Å². The first kappa shape index (κ1) is 10.7. The molecule has 2 rings (SSSR count). The number of halogens is 1. The Hall–Kier alpha value is -1.81. The molecular weight excluding hydrogens is 226 g/mol. The molecule has 1 aromatic heterocycles. The lowest BCUT2D eigenvalue weighted by Crippen LogP contribution is -1.94. The van der Waals surface area contributed by atoms with Crippen LogP contribution >= 0.6 is 11.6 Å². The fourth-order valence-electron chi connectivity index (χ4n) is 1.36. The number of nitrogens with zero attached hydrogens (tertiary/aromatic N) is 2. The predicted octanol–water partition coefficient (Wildman–Crippen LogP) is 2.39. The number of hydrogen-bond acceptors (Lipinski definition) is 4. The summed E-state index contributed by atoms with van der Waals surface area (Å²) in [5.41, 5.74) is 7.25. The van der Waals surface area contributed by atoms with Crippen LogP contribution in [-0.4, -0.2) is 17.3 Å². The molecule has 1 aromatic carbocycles. The minimum absolute atomic E-state index is 0.333. The Morgan fingerprint density at radius 1 is 1.19 bits per heavy atom. The Bertz CT molecular complexity index is 499. The van der Waals surface area contributed by atoms with Gasteiger partial charge in [-0.1, -0.05) is 23.7 Å². The Morgan fingerprint density at radius 3 is 2.50 bits per heavy atom. The van der Waals surface area contributed by atoms with E-state index in [0.29, 0.717) is 11.0 Å². The second-order valence-electron chi connectivity index (χ2n) is 3.20. The van der Waals surface area contributed by atoms with E-state index in [4.69, 9.17) is 22.1 Å². The summed E-state index contributed by atoms with van der Waals surface area (Å²) in [4.78, 5) is 0. The molecule has 2 N–H and O–H groups in total. The lowest BCUT2D eigenvalue weighted by atomic mass is 10.1. The van der Waals surface area contributed by atoms with E-state index < -0.39 is 0 Å². The van der Waals surface area contributed by atoms with Crippen LogP contribution in [0, 0.1) is 0 Å². The van der Waals surface area contributed by atoms with Gasteiger partial charge < -0.3 is 10.5 Å². The molecule has 0 aliphatic rings. The minimum Gasteiger partial charge on any atom is -0.497 e. The molecule has 0 bridgehead atoms. The van der Waals surface area contributed by atoms with E-state index in [1.54, 1.807) is 13.2 Å². The monoisotopic (exact) mass is 235 g/mol. The van der Waals surface area contributed by atoms with Crippen molar-refractivity contribution in [2.24, 2.45) is 0 Å². The maximum absolute atomic E-state index is 5.94. The molecule has 0 unspecified atom stereocenters. The van der Waals surface area contributed by atoms with Crippen molar-refractivity contribution in [3.05, 3.63) is 35.5 Å². The molecule has 0 spiro atoms. The zero-order valence-corrected chi connectivity index (χ0v) is 9.40. The summed E-state index contributed by atoms with van der Waals surface area (Å²) in [5, 5.41) is 7.76. The third kappa shape index (κ3) is 2.06. The van der Waals surface area contributed by atoms with Crippen molar-refractivity contribution in [3.63, 3.8) is 0 Å². The van der Waals surface area contributed by atoms with Crippen LogP contribution in [0.2, 0.25) is 5.15 Å². The van der Waals surface area contributed by atoms with Gasteiger partial charge in [-0.25, -0.2) is 0 Å². The summed E-state index contributed by atoms with van der Waals surface area (Å²) in [6, 6.07) is 9.17. The number of aromatic nitrogens is 2. The number of nitrogens with two attached hydrogens (primary N) is 1. The number of hydrogen-bond donors (Lipinski definition) is 1. The third-order valence-electron chi connectivity index (χ3n) is 2.17. The van der Waals surface area contributed by atoms with Gasteiger partial charge >= 0.3 is 0 Å². The number of nitrogen functional groups attached to an aromatic ring is 1. The summed E-state index contributed by atoms with van der Waals surface area (Å²) in [6.45, 7) is 0. The summed E-state index contributed by atoms with van der Waals surface area (Å²) in [5.74, 6) is 1.13. The number of rotatable bonds is 2. The molecule has 0 radical (unpaired) electrons. The Labute approximate surface area is 98.0 Å². The first-order valence-corrected chi connectivity index (χ1v) is 5.01. The second-order valence-corrected chi connectivity index (χ2v) is 3.56. The van der Waals surface area contributed by atoms with Gasteiger partial charge in [0.05, 0.1) is 7.11 Å². The summed E-state index contributed by atoms with van der Waals surface area (Å²) < 4.78 is 5.07. The lowest BCUT2D eigenvalue weighted by Gasteiger charge is -2.05. The van der Waals surface area contributed by atoms with Gasteiger partial charge in [0, 0.05) is 5.56 Å². The van der Waals surface area contributed by atoms with E-state index in [9.17, 15) is 0 Å². The van der Waals surface area contributed by atoms with Crippen molar-refractivity contribution in [2.75, 3.05) is 12.8 Å². The summed E-state index contributed by atoms with van der Waals surface area (Å²) in [6.07, 6.45) is 0. The van der Waals surface area contributed by atoms with Crippen LogP contribution in [0.3, 0.4) is 0 Å². The molecule has 4 nitrogen and oxygen atoms in total. The molecule has 0 amide bonds. The van der Waals surface area contributed by atoms with Crippen molar-refractivity contribution in [1.29, 1.82) is 0 Å². The topological polar surface area (TPSA) is 61.0 Å². The van der Waals surface area contributed by atoms with Crippen LogP contribution in [0.5, 0.6) is 5.75 Å². The molecule has 0 aliphatic heterocycles. The average molecular weight is 236 g/mol. The van der Waals surface area contributed by atoms with Crippen molar-refractivity contribution in [3.8, 4) is 16.9 Å². The fraction of sp³-hybridized carbons (Fsp3) is 0.0909. The first-order chi connectivity index (χ1) is 7.70. The van der Waals surface area contributed by atoms with Crippen LogP contribution in [-0.2, 0) is 0 Å². The highest BCUT2D eigenvalue weighted by molar-refractivity contribution is 6.32. The number of ether oxygens (including phenoxy) is 1. The van der Waals surface area contributed by atoms with Gasteiger partial charge in [-0.15, -0.1) is 10.2 Å². The van der Waals surface area contributed by atoms with E-state index in [1.165, 1.54) is 0 Å². The highest BCUT2D eigenvalue weighted by Gasteiger charge is 2.06. The molecule has 16 heavy (non-hydrogen) atoms. The van der Waals surface area contributed by atoms with Crippen molar-refractivity contribution >= 4 is 17.4 Å². The smallest absolute Gasteiger partial charge is 0.159 e. The maximum Gasteiger partial charge on any atom is 0.159 e.